The van der Waals surface area contributed by atoms with Crippen LogP contribution in [-0.4, -0.2) is 34.9 Å². The summed E-state index contributed by atoms with van der Waals surface area (Å²) in [5, 5.41) is 22.8. The van der Waals surface area contributed by atoms with E-state index in [9.17, 15) is 15.0 Å². The Morgan fingerprint density at radius 1 is 0.511 bits per heavy atom. The Bertz CT molecular complexity index is 686. The van der Waals surface area contributed by atoms with Crippen molar-refractivity contribution >= 4 is 5.91 Å². The van der Waals surface area contributed by atoms with Gasteiger partial charge >= 0.3 is 0 Å². The van der Waals surface area contributed by atoms with Gasteiger partial charge in [-0.1, -0.05) is 192 Å². The van der Waals surface area contributed by atoms with E-state index < -0.39 is 12.1 Å². The zero-order chi connectivity index (χ0) is 32.9. The van der Waals surface area contributed by atoms with Crippen molar-refractivity contribution in [2.45, 2.75) is 212 Å². The van der Waals surface area contributed by atoms with Crippen molar-refractivity contribution in [3.8, 4) is 0 Å². The predicted octanol–water partition coefficient (Wildman–Crippen LogP) is 11.8. The molecule has 0 bridgehead atoms. The van der Waals surface area contributed by atoms with E-state index in [1.807, 2.05) is 6.08 Å². The molecule has 0 spiro atoms. The van der Waals surface area contributed by atoms with Gasteiger partial charge in [0.15, 0.2) is 0 Å². The van der Waals surface area contributed by atoms with Gasteiger partial charge in [-0.15, -0.1) is 0 Å². The number of unbranched alkanes of at least 4 members (excludes halogenated alkanes) is 24. The maximum absolute atomic E-state index is 12.3. The largest absolute Gasteiger partial charge is 0.394 e. The number of allylic oxidation sites excluding steroid dienone is 5. The summed E-state index contributed by atoms with van der Waals surface area (Å²) >= 11 is 0. The molecule has 0 saturated carbocycles. The molecular formula is C41H77NO3. The Hall–Kier alpha value is -1.39. The molecule has 3 N–H and O–H groups in total. The minimum Gasteiger partial charge on any atom is -0.394 e. The van der Waals surface area contributed by atoms with Crippen LogP contribution in [0.25, 0.3) is 0 Å². The number of carbonyl (C=O) groups is 1. The summed E-state index contributed by atoms with van der Waals surface area (Å²) in [5.74, 6) is -0.0782. The number of aliphatic hydroxyl groups is 2. The molecule has 1 amide bonds. The molecule has 2 unspecified atom stereocenters. The van der Waals surface area contributed by atoms with E-state index in [2.05, 4.69) is 43.5 Å². The molecule has 0 aromatic carbocycles. The van der Waals surface area contributed by atoms with Crippen LogP contribution in [0, 0.1) is 0 Å². The van der Waals surface area contributed by atoms with Gasteiger partial charge in [0.2, 0.25) is 5.91 Å². The molecule has 0 aliphatic carbocycles. The Kier molecular flexibility index (Phi) is 35.9. The summed E-state index contributed by atoms with van der Waals surface area (Å²) in [7, 11) is 0. The fourth-order valence-electron chi connectivity index (χ4n) is 5.81. The van der Waals surface area contributed by atoms with Crippen LogP contribution in [0.2, 0.25) is 0 Å². The molecule has 45 heavy (non-hydrogen) atoms. The molecule has 0 aliphatic rings. The van der Waals surface area contributed by atoms with Crippen LogP contribution in [-0.2, 0) is 4.79 Å². The Balaban J connectivity index is 3.54. The SMILES string of the molecule is CCC/C=C/CC/C=C/CC/C=C/C(O)C(CO)NC(=O)CCCCCCCCCCCCCCCCCCCCCCCC. The molecule has 0 aromatic heterocycles. The van der Waals surface area contributed by atoms with E-state index in [1.54, 1.807) is 6.08 Å². The Morgan fingerprint density at radius 3 is 1.24 bits per heavy atom. The number of rotatable bonds is 35. The van der Waals surface area contributed by atoms with Crippen LogP contribution in [0.1, 0.15) is 200 Å². The molecule has 0 fully saturated rings. The fourth-order valence-corrected chi connectivity index (χ4v) is 5.81. The highest BCUT2D eigenvalue weighted by molar-refractivity contribution is 5.76. The van der Waals surface area contributed by atoms with Crippen molar-refractivity contribution in [3.63, 3.8) is 0 Å². The molecule has 0 saturated heterocycles. The highest BCUT2D eigenvalue weighted by atomic mass is 16.3. The van der Waals surface area contributed by atoms with Crippen molar-refractivity contribution in [2.24, 2.45) is 0 Å². The summed E-state index contributed by atoms with van der Waals surface area (Å²) in [6, 6.07) is -0.640. The molecule has 0 radical (unpaired) electrons. The summed E-state index contributed by atoms with van der Waals surface area (Å²) in [6.07, 6.45) is 48.2. The topological polar surface area (TPSA) is 69.6 Å². The summed E-state index contributed by atoms with van der Waals surface area (Å²) < 4.78 is 0. The Morgan fingerprint density at radius 2 is 0.867 bits per heavy atom. The van der Waals surface area contributed by atoms with Gasteiger partial charge in [0.25, 0.3) is 0 Å². The van der Waals surface area contributed by atoms with Crippen LogP contribution in [0.5, 0.6) is 0 Å². The first-order valence-corrected chi connectivity index (χ1v) is 19.7. The lowest BCUT2D eigenvalue weighted by Crippen LogP contribution is -2.45. The van der Waals surface area contributed by atoms with E-state index in [4.69, 9.17) is 0 Å². The Labute approximate surface area is 281 Å². The second-order valence-electron chi connectivity index (χ2n) is 13.3. The monoisotopic (exact) mass is 632 g/mol. The maximum atomic E-state index is 12.3. The first-order chi connectivity index (χ1) is 22.2. The second kappa shape index (κ2) is 37.1. The molecule has 4 nitrogen and oxygen atoms in total. The molecule has 0 rings (SSSR count). The van der Waals surface area contributed by atoms with Crippen molar-refractivity contribution in [1.82, 2.24) is 5.32 Å². The van der Waals surface area contributed by atoms with Crippen LogP contribution in [0.4, 0.5) is 0 Å². The van der Waals surface area contributed by atoms with Gasteiger partial charge in [-0.05, 0) is 38.5 Å². The second-order valence-corrected chi connectivity index (χ2v) is 13.3. The molecule has 0 heterocycles. The van der Waals surface area contributed by atoms with Gasteiger partial charge in [-0.25, -0.2) is 0 Å². The number of carbonyl (C=O) groups excluding carboxylic acids is 1. The van der Waals surface area contributed by atoms with Crippen LogP contribution in [0.15, 0.2) is 36.5 Å². The highest BCUT2D eigenvalue weighted by Crippen LogP contribution is 2.15. The highest BCUT2D eigenvalue weighted by Gasteiger charge is 2.17. The lowest BCUT2D eigenvalue weighted by molar-refractivity contribution is -0.123. The summed E-state index contributed by atoms with van der Waals surface area (Å²) in [6.45, 7) is 4.22. The quantitative estimate of drug-likeness (QED) is 0.0481. The number of aliphatic hydroxyl groups excluding tert-OH is 2. The lowest BCUT2D eigenvalue weighted by atomic mass is 10.0. The van der Waals surface area contributed by atoms with E-state index >= 15 is 0 Å². The average molecular weight is 632 g/mol. The van der Waals surface area contributed by atoms with Gasteiger partial charge in [-0.2, -0.15) is 0 Å². The summed E-state index contributed by atoms with van der Waals surface area (Å²) in [5.41, 5.74) is 0. The standard InChI is InChI=1S/C41H77NO3/c1-3-5-7-9-11-13-15-16-17-18-19-20-21-22-23-24-25-27-29-31-33-35-37-41(45)42-39(38-43)40(44)36-34-32-30-28-26-14-12-10-8-6-4-2/h8,10,26,28,34,36,39-40,43-44H,3-7,9,11-25,27,29-33,35,37-38H2,1-2H3,(H,42,45)/b10-8+,28-26+,36-34+. The van der Waals surface area contributed by atoms with Crippen molar-refractivity contribution < 1.29 is 15.0 Å². The first kappa shape index (κ1) is 43.6. The van der Waals surface area contributed by atoms with E-state index in [-0.39, 0.29) is 12.5 Å². The van der Waals surface area contributed by atoms with Gasteiger partial charge in [0, 0.05) is 6.42 Å². The predicted molar refractivity (Wildman–Crippen MR) is 198 cm³/mol. The van der Waals surface area contributed by atoms with Crippen LogP contribution < -0.4 is 5.32 Å². The zero-order valence-electron chi connectivity index (χ0n) is 30.1. The third-order valence-corrected chi connectivity index (χ3v) is 8.83. The third-order valence-electron chi connectivity index (χ3n) is 8.83. The molecule has 4 heteroatoms. The zero-order valence-corrected chi connectivity index (χ0v) is 30.1. The van der Waals surface area contributed by atoms with Gasteiger partial charge < -0.3 is 15.5 Å². The lowest BCUT2D eigenvalue weighted by Gasteiger charge is -2.19. The number of nitrogens with one attached hydrogen (secondary N) is 1. The normalized spacial score (nSPS) is 13.4. The number of amides is 1. The van der Waals surface area contributed by atoms with Crippen molar-refractivity contribution in [3.05, 3.63) is 36.5 Å². The minimum atomic E-state index is -0.865. The number of hydrogen-bond acceptors (Lipinski definition) is 3. The van der Waals surface area contributed by atoms with Gasteiger partial charge in [0.05, 0.1) is 18.8 Å². The molecule has 0 aromatic rings. The molecule has 0 aliphatic heterocycles. The number of hydrogen-bond donors (Lipinski definition) is 3. The van der Waals surface area contributed by atoms with E-state index in [0.717, 1.165) is 44.9 Å². The van der Waals surface area contributed by atoms with E-state index in [0.29, 0.717) is 6.42 Å². The van der Waals surface area contributed by atoms with Gasteiger partial charge in [0.1, 0.15) is 0 Å². The summed E-state index contributed by atoms with van der Waals surface area (Å²) in [4.78, 5) is 12.3. The maximum Gasteiger partial charge on any atom is 0.220 e. The fraction of sp³-hybridized carbons (Fsp3) is 0.829. The molecule has 264 valence electrons. The van der Waals surface area contributed by atoms with Crippen LogP contribution >= 0.6 is 0 Å². The van der Waals surface area contributed by atoms with Crippen molar-refractivity contribution in [2.75, 3.05) is 6.61 Å². The van der Waals surface area contributed by atoms with Gasteiger partial charge in [-0.3, -0.25) is 4.79 Å². The van der Waals surface area contributed by atoms with E-state index in [1.165, 1.54) is 135 Å². The minimum absolute atomic E-state index is 0.0782. The van der Waals surface area contributed by atoms with Crippen LogP contribution in [0.3, 0.4) is 0 Å². The molecule has 2 atom stereocenters. The average Bonchev–Trinajstić information content (AvgIpc) is 3.04. The first-order valence-electron chi connectivity index (χ1n) is 19.7. The molecular weight excluding hydrogens is 554 g/mol. The third kappa shape index (κ3) is 33.8. The smallest absolute Gasteiger partial charge is 0.220 e. The van der Waals surface area contributed by atoms with Crippen molar-refractivity contribution in [1.29, 1.82) is 0 Å².